The molecule has 1 aromatic carbocycles. The molecule has 0 atom stereocenters. The number of carbonyl (C=O) groups excluding carboxylic acids is 1. The molecule has 0 unspecified atom stereocenters. The Hall–Kier alpha value is -1.90. The lowest BCUT2D eigenvalue weighted by Gasteiger charge is -2.05. The number of ketones is 1. The molecule has 0 aliphatic rings. The summed E-state index contributed by atoms with van der Waals surface area (Å²) in [6, 6.07) is 9.64. The minimum absolute atomic E-state index is 0.138. The smallest absolute Gasteiger partial charge is 0.133 e. The summed E-state index contributed by atoms with van der Waals surface area (Å²) in [4.78, 5) is 15.0. The van der Waals surface area contributed by atoms with Crippen LogP contribution < -0.4 is 4.74 Å². The SMILES string of the molecule is CC(=O)CCOc1ccc2cccnc2c1. The molecule has 3 nitrogen and oxygen atoms in total. The average molecular weight is 215 g/mol. The van der Waals surface area contributed by atoms with Crippen molar-refractivity contribution in [3.63, 3.8) is 0 Å². The van der Waals surface area contributed by atoms with Gasteiger partial charge in [0, 0.05) is 24.1 Å². The Balaban J connectivity index is 2.10. The number of fused-ring (bicyclic) bond motifs is 1. The van der Waals surface area contributed by atoms with Crippen LogP contribution in [0.3, 0.4) is 0 Å². The lowest BCUT2D eigenvalue weighted by Crippen LogP contribution is -2.02. The van der Waals surface area contributed by atoms with Gasteiger partial charge in [-0.1, -0.05) is 6.07 Å². The van der Waals surface area contributed by atoms with Gasteiger partial charge in [0.25, 0.3) is 0 Å². The molecule has 0 saturated carbocycles. The van der Waals surface area contributed by atoms with Crippen LogP contribution >= 0.6 is 0 Å². The molecule has 0 spiro atoms. The lowest BCUT2D eigenvalue weighted by molar-refractivity contribution is -0.117. The van der Waals surface area contributed by atoms with E-state index in [0.717, 1.165) is 16.7 Å². The summed E-state index contributed by atoms with van der Waals surface area (Å²) in [7, 11) is 0. The number of nitrogens with zero attached hydrogens (tertiary/aromatic N) is 1. The number of hydrogen-bond acceptors (Lipinski definition) is 3. The quantitative estimate of drug-likeness (QED) is 0.786. The van der Waals surface area contributed by atoms with Crippen molar-refractivity contribution in [2.75, 3.05) is 6.61 Å². The van der Waals surface area contributed by atoms with Crippen molar-refractivity contribution in [3.8, 4) is 5.75 Å². The van der Waals surface area contributed by atoms with Crippen molar-refractivity contribution in [3.05, 3.63) is 36.5 Å². The predicted octanol–water partition coefficient (Wildman–Crippen LogP) is 2.59. The van der Waals surface area contributed by atoms with E-state index in [1.165, 1.54) is 0 Å². The maximum atomic E-state index is 10.8. The molecular weight excluding hydrogens is 202 g/mol. The second-order valence-electron chi connectivity index (χ2n) is 3.66. The number of pyridine rings is 1. The topological polar surface area (TPSA) is 39.2 Å². The fourth-order valence-electron chi connectivity index (χ4n) is 1.45. The first-order valence-electron chi connectivity index (χ1n) is 5.23. The Morgan fingerprint density at radius 3 is 3.06 bits per heavy atom. The minimum Gasteiger partial charge on any atom is -0.493 e. The van der Waals surface area contributed by atoms with Crippen LogP contribution in [-0.4, -0.2) is 17.4 Å². The Morgan fingerprint density at radius 1 is 1.38 bits per heavy atom. The summed E-state index contributed by atoms with van der Waals surface area (Å²) in [5.74, 6) is 0.895. The van der Waals surface area contributed by atoms with Gasteiger partial charge >= 0.3 is 0 Å². The number of rotatable bonds is 4. The normalized spacial score (nSPS) is 10.3. The second-order valence-corrected chi connectivity index (χ2v) is 3.66. The Bertz CT molecular complexity index is 508. The number of benzene rings is 1. The number of carbonyl (C=O) groups is 1. The zero-order valence-corrected chi connectivity index (χ0v) is 9.14. The Morgan fingerprint density at radius 2 is 2.25 bits per heavy atom. The Labute approximate surface area is 94.1 Å². The van der Waals surface area contributed by atoms with Gasteiger partial charge in [-0.25, -0.2) is 0 Å². The molecule has 0 fully saturated rings. The molecule has 0 bridgehead atoms. The second kappa shape index (κ2) is 4.75. The molecule has 1 aromatic heterocycles. The van der Waals surface area contributed by atoms with Gasteiger partial charge in [-0.15, -0.1) is 0 Å². The lowest BCUT2D eigenvalue weighted by atomic mass is 10.2. The van der Waals surface area contributed by atoms with Crippen molar-refractivity contribution in [2.24, 2.45) is 0 Å². The largest absolute Gasteiger partial charge is 0.493 e. The molecular formula is C13H13NO2. The van der Waals surface area contributed by atoms with E-state index in [0.29, 0.717) is 13.0 Å². The maximum absolute atomic E-state index is 10.8. The number of Topliss-reactive ketones (excluding diaryl/α,β-unsaturated/α-hetero) is 1. The van der Waals surface area contributed by atoms with E-state index in [1.54, 1.807) is 13.1 Å². The maximum Gasteiger partial charge on any atom is 0.133 e. The first-order chi connectivity index (χ1) is 7.75. The summed E-state index contributed by atoms with van der Waals surface area (Å²) < 4.78 is 5.46. The van der Waals surface area contributed by atoms with E-state index in [4.69, 9.17) is 4.74 Å². The van der Waals surface area contributed by atoms with E-state index in [2.05, 4.69) is 4.98 Å². The molecule has 0 saturated heterocycles. The highest BCUT2D eigenvalue weighted by molar-refractivity contribution is 5.79. The summed E-state index contributed by atoms with van der Waals surface area (Å²) in [6.07, 6.45) is 2.20. The van der Waals surface area contributed by atoms with Crippen molar-refractivity contribution in [2.45, 2.75) is 13.3 Å². The fourth-order valence-corrected chi connectivity index (χ4v) is 1.45. The van der Waals surface area contributed by atoms with Gasteiger partial charge in [0.15, 0.2) is 0 Å². The van der Waals surface area contributed by atoms with Gasteiger partial charge in [0.1, 0.15) is 11.5 Å². The number of ether oxygens (including phenoxy) is 1. The summed E-state index contributed by atoms with van der Waals surface area (Å²) >= 11 is 0. The summed E-state index contributed by atoms with van der Waals surface area (Å²) in [6.45, 7) is 1.99. The third-order valence-electron chi connectivity index (χ3n) is 2.30. The zero-order valence-electron chi connectivity index (χ0n) is 9.14. The zero-order chi connectivity index (χ0) is 11.4. The van der Waals surface area contributed by atoms with E-state index < -0.39 is 0 Å². The van der Waals surface area contributed by atoms with Crippen molar-refractivity contribution >= 4 is 16.7 Å². The first-order valence-corrected chi connectivity index (χ1v) is 5.23. The van der Waals surface area contributed by atoms with Crippen LogP contribution in [0.5, 0.6) is 5.75 Å². The van der Waals surface area contributed by atoms with Crippen LogP contribution in [0, 0.1) is 0 Å². The monoisotopic (exact) mass is 215 g/mol. The average Bonchev–Trinajstić information content (AvgIpc) is 2.28. The van der Waals surface area contributed by atoms with Crippen molar-refractivity contribution in [1.82, 2.24) is 4.98 Å². The van der Waals surface area contributed by atoms with Gasteiger partial charge in [-0.3, -0.25) is 9.78 Å². The third-order valence-corrected chi connectivity index (χ3v) is 2.30. The highest BCUT2D eigenvalue weighted by Gasteiger charge is 1.99. The van der Waals surface area contributed by atoms with E-state index in [-0.39, 0.29) is 5.78 Å². The van der Waals surface area contributed by atoms with Gasteiger partial charge in [-0.2, -0.15) is 0 Å². The summed E-state index contributed by atoms with van der Waals surface area (Å²) in [5, 5.41) is 1.08. The molecule has 82 valence electrons. The van der Waals surface area contributed by atoms with Crippen LogP contribution in [0.1, 0.15) is 13.3 Å². The predicted molar refractivity (Wildman–Crippen MR) is 62.5 cm³/mol. The van der Waals surface area contributed by atoms with Crippen LogP contribution in [0.15, 0.2) is 36.5 Å². The van der Waals surface area contributed by atoms with Crippen molar-refractivity contribution < 1.29 is 9.53 Å². The molecule has 2 rings (SSSR count). The molecule has 0 aliphatic heterocycles. The molecule has 2 aromatic rings. The van der Waals surface area contributed by atoms with E-state index in [9.17, 15) is 4.79 Å². The van der Waals surface area contributed by atoms with Gasteiger partial charge in [0.2, 0.25) is 0 Å². The van der Waals surface area contributed by atoms with Crippen LogP contribution in [0.25, 0.3) is 10.9 Å². The first kappa shape index (κ1) is 10.6. The fraction of sp³-hybridized carbons (Fsp3) is 0.231. The molecule has 0 amide bonds. The molecule has 0 N–H and O–H groups in total. The van der Waals surface area contributed by atoms with Gasteiger partial charge in [-0.05, 0) is 25.1 Å². The van der Waals surface area contributed by atoms with E-state index in [1.807, 2.05) is 30.3 Å². The Kier molecular flexibility index (Phi) is 3.15. The van der Waals surface area contributed by atoms with Crippen molar-refractivity contribution in [1.29, 1.82) is 0 Å². The van der Waals surface area contributed by atoms with Gasteiger partial charge in [0.05, 0.1) is 12.1 Å². The molecule has 1 heterocycles. The number of hydrogen-bond donors (Lipinski definition) is 0. The summed E-state index contributed by atoms with van der Waals surface area (Å²) in [5.41, 5.74) is 0.905. The standard InChI is InChI=1S/C13H13NO2/c1-10(15)6-8-16-12-5-4-11-3-2-7-14-13(11)9-12/h2-5,7,9H,6,8H2,1H3. The minimum atomic E-state index is 0.138. The molecule has 0 aliphatic carbocycles. The van der Waals surface area contributed by atoms with Gasteiger partial charge < -0.3 is 4.74 Å². The molecule has 16 heavy (non-hydrogen) atoms. The van der Waals surface area contributed by atoms with Crippen LogP contribution in [-0.2, 0) is 4.79 Å². The third kappa shape index (κ3) is 2.57. The van der Waals surface area contributed by atoms with Crippen LogP contribution in [0.2, 0.25) is 0 Å². The van der Waals surface area contributed by atoms with Crippen LogP contribution in [0.4, 0.5) is 0 Å². The highest BCUT2D eigenvalue weighted by Crippen LogP contribution is 2.18. The highest BCUT2D eigenvalue weighted by atomic mass is 16.5. The molecule has 3 heteroatoms. The number of aromatic nitrogens is 1. The van der Waals surface area contributed by atoms with E-state index >= 15 is 0 Å². The molecule has 0 radical (unpaired) electrons.